The first-order valence-corrected chi connectivity index (χ1v) is 7.32. The van der Waals surface area contributed by atoms with Gasteiger partial charge in [-0.3, -0.25) is 4.90 Å². The molecule has 0 unspecified atom stereocenters. The van der Waals surface area contributed by atoms with Crippen LogP contribution in [0.4, 0.5) is 0 Å². The third kappa shape index (κ3) is 3.96. The number of nitriles is 1. The van der Waals surface area contributed by atoms with Crippen molar-refractivity contribution in [1.82, 2.24) is 4.90 Å². The van der Waals surface area contributed by atoms with Crippen molar-refractivity contribution in [3.63, 3.8) is 0 Å². The molecule has 0 bridgehead atoms. The van der Waals surface area contributed by atoms with Gasteiger partial charge in [0.05, 0.1) is 5.56 Å². The van der Waals surface area contributed by atoms with E-state index in [0.717, 1.165) is 19.5 Å². The van der Waals surface area contributed by atoms with Gasteiger partial charge in [0.25, 0.3) is 0 Å². The van der Waals surface area contributed by atoms with Gasteiger partial charge in [0.2, 0.25) is 0 Å². The van der Waals surface area contributed by atoms with Gasteiger partial charge in [0.1, 0.15) is 18.4 Å². The molecule has 4 heteroatoms. The SMILES string of the molecule is N#Cc1ccccc1OCCN(CCCO)C1CCC1. The van der Waals surface area contributed by atoms with E-state index in [4.69, 9.17) is 15.1 Å². The fourth-order valence-corrected chi connectivity index (χ4v) is 2.46. The molecule has 0 aromatic heterocycles. The first kappa shape index (κ1) is 14.8. The lowest BCUT2D eigenvalue weighted by Crippen LogP contribution is -2.43. The van der Waals surface area contributed by atoms with Crippen LogP contribution in [0.5, 0.6) is 5.75 Å². The number of rotatable bonds is 8. The summed E-state index contributed by atoms with van der Waals surface area (Å²) in [7, 11) is 0. The highest BCUT2D eigenvalue weighted by molar-refractivity contribution is 5.42. The average Bonchev–Trinajstić information content (AvgIpc) is 2.43. The summed E-state index contributed by atoms with van der Waals surface area (Å²) in [5, 5.41) is 18.0. The second-order valence-corrected chi connectivity index (χ2v) is 5.15. The summed E-state index contributed by atoms with van der Waals surface area (Å²) in [6.07, 6.45) is 4.62. The van der Waals surface area contributed by atoms with E-state index in [1.807, 2.05) is 18.2 Å². The van der Waals surface area contributed by atoms with Crippen LogP contribution in [-0.2, 0) is 0 Å². The van der Waals surface area contributed by atoms with E-state index >= 15 is 0 Å². The summed E-state index contributed by atoms with van der Waals surface area (Å²) >= 11 is 0. The fourth-order valence-electron chi connectivity index (χ4n) is 2.46. The van der Waals surface area contributed by atoms with E-state index < -0.39 is 0 Å². The van der Waals surface area contributed by atoms with Gasteiger partial charge < -0.3 is 9.84 Å². The molecule has 0 saturated heterocycles. The van der Waals surface area contributed by atoms with Crippen molar-refractivity contribution in [1.29, 1.82) is 5.26 Å². The molecule has 1 N–H and O–H groups in total. The molecule has 0 atom stereocenters. The summed E-state index contributed by atoms with van der Waals surface area (Å²) in [6.45, 7) is 2.59. The van der Waals surface area contributed by atoms with Gasteiger partial charge >= 0.3 is 0 Å². The van der Waals surface area contributed by atoms with Gasteiger partial charge in [0.15, 0.2) is 0 Å². The summed E-state index contributed by atoms with van der Waals surface area (Å²) in [5.41, 5.74) is 0.582. The molecular weight excluding hydrogens is 252 g/mol. The first-order chi connectivity index (χ1) is 9.85. The Hall–Kier alpha value is -1.57. The Morgan fingerprint density at radius 3 is 2.75 bits per heavy atom. The highest BCUT2D eigenvalue weighted by Crippen LogP contribution is 2.25. The number of nitrogens with zero attached hydrogens (tertiary/aromatic N) is 2. The molecule has 0 aliphatic heterocycles. The smallest absolute Gasteiger partial charge is 0.137 e. The maximum atomic E-state index is 9.01. The molecule has 0 radical (unpaired) electrons. The third-order valence-electron chi connectivity index (χ3n) is 3.84. The van der Waals surface area contributed by atoms with Crippen molar-refractivity contribution >= 4 is 0 Å². The molecule has 1 aliphatic rings. The summed E-state index contributed by atoms with van der Waals surface area (Å²) in [6, 6.07) is 10.1. The zero-order valence-corrected chi connectivity index (χ0v) is 11.8. The molecule has 1 aromatic rings. The molecular formula is C16H22N2O2. The van der Waals surface area contributed by atoms with Crippen LogP contribution < -0.4 is 4.74 Å². The molecule has 1 fully saturated rings. The Kier molecular flexibility index (Phi) is 5.85. The topological polar surface area (TPSA) is 56.5 Å². The Bertz CT molecular complexity index is 452. The van der Waals surface area contributed by atoms with Crippen molar-refractivity contribution in [2.45, 2.75) is 31.7 Å². The van der Waals surface area contributed by atoms with Gasteiger partial charge in [0, 0.05) is 25.7 Å². The number of hydrogen-bond donors (Lipinski definition) is 1. The maximum absolute atomic E-state index is 9.01. The Balaban J connectivity index is 1.81. The lowest BCUT2D eigenvalue weighted by Gasteiger charge is -2.37. The van der Waals surface area contributed by atoms with Crippen LogP contribution in [0.3, 0.4) is 0 Å². The third-order valence-corrected chi connectivity index (χ3v) is 3.84. The monoisotopic (exact) mass is 274 g/mol. The van der Waals surface area contributed by atoms with Crippen LogP contribution in [0, 0.1) is 11.3 Å². The highest BCUT2D eigenvalue weighted by atomic mass is 16.5. The van der Waals surface area contributed by atoms with E-state index in [2.05, 4.69) is 11.0 Å². The van der Waals surface area contributed by atoms with E-state index in [-0.39, 0.29) is 6.61 Å². The number of hydrogen-bond acceptors (Lipinski definition) is 4. The molecule has 0 spiro atoms. The minimum atomic E-state index is 0.237. The van der Waals surface area contributed by atoms with E-state index in [0.29, 0.717) is 24.0 Å². The quantitative estimate of drug-likeness (QED) is 0.789. The van der Waals surface area contributed by atoms with Crippen molar-refractivity contribution < 1.29 is 9.84 Å². The lowest BCUT2D eigenvalue weighted by molar-refractivity contribution is 0.0984. The van der Waals surface area contributed by atoms with Gasteiger partial charge in [-0.15, -0.1) is 0 Å². The molecule has 4 nitrogen and oxygen atoms in total. The van der Waals surface area contributed by atoms with E-state index in [9.17, 15) is 0 Å². The molecule has 108 valence electrons. The number of aliphatic hydroxyl groups is 1. The molecule has 20 heavy (non-hydrogen) atoms. The van der Waals surface area contributed by atoms with Gasteiger partial charge in [-0.1, -0.05) is 18.6 Å². The normalized spacial score (nSPS) is 14.8. The van der Waals surface area contributed by atoms with E-state index in [1.165, 1.54) is 19.3 Å². The van der Waals surface area contributed by atoms with Crippen LogP contribution in [0.25, 0.3) is 0 Å². The Labute approximate surface area is 120 Å². The van der Waals surface area contributed by atoms with Gasteiger partial charge in [-0.25, -0.2) is 0 Å². The van der Waals surface area contributed by atoms with Crippen LogP contribution >= 0.6 is 0 Å². The number of para-hydroxylation sites is 1. The number of ether oxygens (including phenoxy) is 1. The predicted molar refractivity (Wildman–Crippen MR) is 77.6 cm³/mol. The number of aliphatic hydroxyl groups excluding tert-OH is 1. The Morgan fingerprint density at radius 2 is 2.10 bits per heavy atom. The molecule has 0 amide bonds. The summed E-state index contributed by atoms with van der Waals surface area (Å²) in [4.78, 5) is 2.40. The average molecular weight is 274 g/mol. The number of benzene rings is 1. The summed E-state index contributed by atoms with van der Waals surface area (Å²) in [5.74, 6) is 0.658. The van der Waals surface area contributed by atoms with Crippen LogP contribution in [0.15, 0.2) is 24.3 Å². The zero-order valence-electron chi connectivity index (χ0n) is 11.8. The minimum Gasteiger partial charge on any atom is -0.491 e. The highest BCUT2D eigenvalue weighted by Gasteiger charge is 2.24. The van der Waals surface area contributed by atoms with Crippen molar-refractivity contribution in [2.75, 3.05) is 26.3 Å². The van der Waals surface area contributed by atoms with Gasteiger partial charge in [-0.05, 0) is 31.4 Å². The van der Waals surface area contributed by atoms with Crippen molar-refractivity contribution in [2.24, 2.45) is 0 Å². The second-order valence-electron chi connectivity index (χ2n) is 5.15. The minimum absolute atomic E-state index is 0.237. The van der Waals surface area contributed by atoms with Gasteiger partial charge in [-0.2, -0.15) is 5.26 Å². The Morgan fingerprint density at radius 1 is 1.30 bits per heavy atom. The maximum Gasteiger partial charge on any atom is 0.137 e. The second kappa shape index (κ2) is 7.88. The van der Waals surface area contributed by atoms with Crippen LogP contribution in [0.2, 0.25) is 0 Å². The van der Waals surface area contributed by atoms with Crippen LogP contribution in [-0.4, -0.2) is 42.4 Å². The first-order valence-electron chi connectivity index (χ1n) is 7.32. The van der Waals surface area contributed by atoms with Crippen LogP contribution in [0.1, 0.15) is 31.2 Å². The zero-order chi connectivity index (χ0) is 14.2. The lowest BCUT2D eigenvalue weighted by atomic mass is 9.91. The predicted octanol–water partition coefficient (Wildman–Crippen LogP) is 2.17. The summed E-state index contributed by atoms with van der Waals surface area (Å²) < 4.78 is 5.73. The fraction of sp³-hybridized carbons (Fsp3) is 0.562. The molecule has 1 aliphatic carbocycles. The van der Waals surface area contributed by atoms with Crippen molar-refractivity contribution in [3.05, 3.63) is 29.8 Å². The molecule has 1 saturated carbocycles. The standard InChI is InChI=1S/C16H22N2O2/c17-13-14-5-1-2-8-16(14)20-12-10-18(9-4-11-19)15-6-3-7-15/h1-2,5,8,15,19H,3-4,6-7,9-12H2. The largest absolute Gasteiger partial charge is 0.491 e. The van der Waals surface area contributed by atoms with Crippen molar-refractivity contribution in [3.8, 4) is 11.8 Å². The molecule has 2 rings (SSSR count). The van der Waals surface area contributed by atoms with E-state index in [1.54, 1.807) is 6.07 Å². The molecule has 0 heterocycles. The molecule has 1 aromatic carbocycles.